The van der Waals surface area contributed by atoms with Crippen molar-refractivity contribution in [2.45, 2.75) is 32.1 Å². The average Bonchev–Trinajstić information content (AvgIpc) is 2.65. The molecule has 4 heteroatoms. The Balaban J connectivity index is 2.12. The van der Waals surface area contributed by atoms with Gasteiger partial charge in [-0.15, -0.1) is 0 Å². The third-order valence-corrected chi connectivity index (χ3v) is 4.14. The molecule has 98 valence electrons. The Hall–Kier alpha value is -1.12. The molecule has 2 aromatic rings. The number of hydrogen-bond acceptors (Lipinski definition) is 2. The van der Waals surface area contributed by atoms with Gasteiger partial charge in [-0.3, -0.25) is 0 Å². The van der Waals surface area contributed by atoms with E-state index in [9.17, 15) is 0 Å². The molecule has 19 heavy (non-hydrogen) atoms. The van der Waals surface area contributed by atoms with E-state index in [1.165, 1.54) is 19.3 Å². The lowest BCUT2D eigenvalue weighted by molar-refractivity contribution is 0.709. The highest BCUT2D eigenvalue weighted by Crippen LogP contribution is 2.30. The smallest absolute Gasteiger partial charge is 0.162 e. The normalized spacial score (nSPS) is 14.8. The van der Waals surface area contributed by atoms with E-state index in [2.05, 4.69) is 9.97 Å². The first kappa shape index (κ1) is 12.9. The van der Waals surface area contributed by atoms with Gasteiger partial charge in [0.2, 0.25) is 0 Å². The number of nitrogens with zero attached hydrogens (tertiary/aromatic N) is 2. The Morgan fingerprint density at radius 1 is 0.895 bits per heavy atom. The molecule has 0 fully saturated rings. The lowest BCUT2D eigenvalue weighted by atomic mass is 10.1. The van der Waals surface area contributed by atoms with Crippen molar-refractivity contribution in [2.24, 2.45) is 0 Å². The number of benzene rings is 1. The molecule has 0 saturated heterocycles. The monoisotopic (exact) mass is 292 g/mol. The zero-order chi connectivity index (χ0) is 13.2. The lowest BCUT2D eigenvalue weighted by Crippen LogP contribution is -2.02. The standard InChI is InChI=1S/C15H14Cl2N2/c16-12-8-5-4-6-10(12)15-18-13-9-3-1-2-7-11(13)14(17)19-15/h4-6,8H,1-3,7,9H2. The molecule has 1 aliphatic carbocycles. The van der Waals surface area contributed by atoms with Gasteiger partial charge in [0.05, 0.1) is 5.02 Å². The molecular weight excluding hydrogens is 279 g/mol. The highest BCUT2D eigenvalue weighted by atomic mass is 35.5. The molecule has 2 nitrogen and oxygen atoms in total. The van der Waals surface area contributed by atoms with E-state index in [1.807, 2.05) is 24.3 Å². The van der Waals surface area contributed by atoms with Gasteiger partial charge in [0, 0.05) is 16.8 Å². The summed E-state index contributed by atoms with van der Waals surface area (Å²) in [5.74, 6) is 0.635. The first-order valence-corrected chi connectivity index (χ1v) is 7.31. The minimum Gasteiger partial charge on any atom is -0.233 e. The summed E-state index contributed by atoms with van der Waals surface area (Å²) in [6, 6.07) is 7.61. The predicted molar refractivity (Wildman–Crippen MR) is 78.7 cm³/mol. The second-order valence-electron chi connectivity index (χ2n) is 4.80. The van der Waals surface area contributed by atoms with E-state index >= 15 is 0 Å². The van der Waals surface area contributed by atoms with Crippen LogP contribution in [0, 0.1) is 0 Å². The highest BCUT2D eigenvalue weighted by molar-refractivity contribution is 6.33. The van der Waals surface area contributed by atoms with Crippen molar-refractivity contribution in [2.75, 3.05) is 0 Å². The number of halogens is 2. The van der Waals surface area contributed by atoms with Crippen LogP contribution in [0.5, 0.6) is 0 Å². The maximum absolute atomic E-state index is 6.33. The Morgan fingerprint density at radius 3 is 2.53 bits per heavy atom. The van der Waals surface area contributed by atoms with Gasteiger partial charge in [0.25, 0.3) is 0 Å². The van der Waals surface area contributed by atoms with Crippen LogP contribution in [0.15, 0.2) is 24.3 Å². The third kappa shape index (κ3) is 2.60. The molecule has 0 unspecified atom stereocenters. The van der Waals surface area contributed by atoms with Crippen molar-refractivity contribution >= 4 is 23.2 Å². The number of fused-ring (bicyclic) bond motifs is 1. The van der Waals surface area contributed by atoms with E-state index in [1.54, 1.807) is 0 Å². The van der Waals surface area contributed by atoms with Crippen LogP contribution in [0.2, 0.25) is 10.2 Å². The molecule has 0 amide bonds. The maximum Gasteiger partial charge on any atom is 0.162 e. The van der Waals surface area contributed by atoms with Crippen molar-refractivity contribution in [3.63, 3.8) is 0 Å². The number of hydrogen-bond donors (Lipinski definition) is 0. The molecule has 0 spiro atoms. The van der Waals surface area contributed by atoms with Crippen molar-refractivity contribution in [3.8, 4) is 11.4 Å². The highest BCUT2D eigenvalue weighted by Gasteiger charge is 2.17. The molecule has 1 heterocycles. The Kier molecular flexibility index (Phi) is 3.72. The molecule has 0 radical (unpaired) electrons. The predicted octanol–water partition coefficient (Wildman–Crippen LogP) is 4.72. The van der Waals surface area contributed by atoms with Crippen LogP contribution in [0.25, 0.3) is 11.4 Å². The van der Waals surface area contributed by atoms with E-state index in [0.717, 1.165) is 29.7 Å². The number of aromatic nitrogens is 2. The van der Waals surface area contributed by atoms with Gasteiger partial charge in [0.1, 0.15) is 5.15 Å². The van der Waals surface area contributed by atoms with Crippen LogP contribution >= 0.6 is 23.2 Å². The zero-order valence-corrected chi connectivity index (χ0v) is 12.0. The van der Waals surface area contributed by atoms with Crippen molar-refractivity contribution in [1.82, 2.24) is 9.97 Å². The van der Waals surface area contributed by atoms with Crippen molar-refractivity contribution in [3.05, 3.63) is 45.7 Å². The first-order chi connectivity index (χ1) is 9.25. The molecule has 0 bridgehead atoms. The SMILES string of the molecule is Clc1ccccc1-c1nc(Cl)c2c(n1)CCCCC2. The summed E-state index contributed by atoms with van der Waals surface area (Å²) in [5.41, 5.74) is 3.06. The van der Waals surface area contributed by atoms with E-state index in [4.69, 9.17) is 23.2 Å². The fraction of sp³-hybridized carbons (Fsp3) is 0.333. The minimum atomic E-state index is 0.585. The van der Waals surface area contributed by atoms with Crippen molar-refractivity contribution in [1.29, 1.82) is 0 Å². The zero-order valence-electron chi connectivity index (χ0n) is 10.5. The van der Waals surface area contributed by atoms with Crippen LogP contribution in [-0.2, 0) is 12.8 Å². The molecule has 0 N–H and O–H groups in total. The van der Waals surface area contributed by atoms with Crippen molar-refractivity contribution < 1.29 is 0 Å². The number of aryl methyl sites for hydroxylation is 1. The fourth-order valence-corrected chi connectivity index (χ4v) is 2.99. The van der Waals surface area contributed by atoms with E-state index in [-0.39, 0.29) is 0 Å². The van der Waals surface area contributed by atoms with E-state index < -0.39 is 0 Å². The molecule has 3 rings (SSSR count). The van der Waals surface area contributed by atoms with Crippen LogP contribution in [0.4, 0.5) is 0 Å². The summed E-state index contributed by atoms with van der Waals surface area (Å²) in [6.45, 7) is 0. The Labute approximate surface area is 122 Å². The van der Waals surface area contributed by atoms with Gasteiger partial charge < -0.3 is 0 Å². The Bertz CT molecular complexity index is 611. The van der Waals surface area contributed by atoms with Crippen LogP contribution in [-0.4, -0.2) is 9.97 Å². The summed E-state index contributed by atoms with van der Waals surface area (Å²) in [7, 11) is 0. The van der Waals surface area contributed by atoms with E-state index in [0.29, 0.717) is 16.0 Å². The van der Waals surface area contributed by atoms with Gasteiger partial charge in [-0.25, -0.2) is 9.97 Å². The van der Waals surface area contributed by atoms with Crippen LogP contribution in [0.1, 0.15) is 30.5 Å². The molecule has 1 aromatic heterocycles. The molecule has 0 saturated carbocycles. The minimum absolute atomic E-state index is 0.585. The molecule has 0 atom stereocenters. The first-order valence-electron chi connectivity index (χ1n) is 6.56. The molecule has 1 aliphatic rings. The molecule has 1 aromatic carbocycles. The summed E-state index contributed by atoms with van der Waals surface area (Å²) < 4.78 is 0. The second-order valence-corrected chi connectivity index (χ2v) is 5.57. The average molecular weight is 293 g/mol. The van der Waals surface area contributed by atoms with Gasteiger partial charge in [0.15, 0.2) is 5.82 Å². The fourth-order valence-electron chi connectivity index (χ4n) is 2.49. The maximum atomic E-state index is 6.33. The summed E-state index contributed by atoms with van der Waals surface area (Å²) in [4.78, 5) is 9.11. The topological polar surface area (TPSA) is 25.8 Å². The number of rotatable bonds is 1. The largest absolute Gasteiger partial charge is 0.233 e. The summed E-state index contributed by atoms with van der Waals surface area (Å²) in [5, 5.41) is 1.24. The molecular formula is C15H14Cl2N2. The second kappa shape index (κ2) is 5.48. The molecule has 0 aliphatic heterocycles. The lowest BCUT2D eigenvalue weighted by Gasteiger charge is -2.10. The van der Waals surface area contributed by atoms with Gasteiger partial charge >= 0.3 is 0 Å². The van der Waals surface area contributed by atoms with Crippen LogP contribution in [0.3, 0.4) is 0 Å². The van der Waals surface area contributed by atoms with Crippen LogP contribution < -0.4 is 0 Å². The van der Waals surface area contributed by atoms with Gasteiger partial charge in [-0.1, -0.05) is 41.8 Å². The Morgan fingerprint density at radius 2 is 1.68 bits per heavy atom. The third-order valence-electron chi connectivity index (χ3n) is 3.50. The summed E-state index contributed by atoms with van der Waals surface area (Å²) in [6.07, 6.45) is 5.53. The quantitative estimate of drug-likeness (QED) is 0.561. The van der Waals surface area contributed by atoms with Gasteiger partial charge in [-0.2, -0.15) is 0 Å². The van der Waals surface area contributed by atoms with Gasteiger partial charge in [-0.05, 0) is 37.8 Å². The summed E-state index contributed by atoms with van der Waals surface area (Å²) >= 11 is 12.5.